The standard InChI is InChI=1S/C19H23BrN2O3S/c1-4-18(15-10-8-14(2)9-11-15)21-19(23)13-22(26(3,24)25)17-7-5-6-16(20)12-17/h5-12,18H,4,13H2,1-3H3,(H,21,23)/t18-/m1/s1. The topological polar surface area (TPSA) is 66.5 Å². The Morgan fingerprint density at radius 3 is 2.38 bits per heavy atom. The predicted octanol–water partition coefficient (Wildman–Crippen LogP) is 3.79. The number of benzene rings is 2. The molecule has 140 valence electrons. The molecule has 0 radical (unpaired) electrons. The number of carbonyl (C=O) groups excluding carboxylic acids is 1. The minimum absolute atomic E-state index is 0.160. The fraction of sp³-hybridized carbons (Fsp3) is 0.316. The monoisotopic (exact) mass is 438 g/mol. The summed E-state index contributed by atoms with van der Waals surface area (Å²) in [5.74, 6) is -0.345. The first-order valence-corrected chi connectivity index (χ1v) is 10.9. The molecule has 0 heterocycles. The Labute approximate surface area is 163 Å². The number of hydrogen-bond acceptors (Lipinski definition) is 3. The van der Waals surface area contributed by atoms with Gasteiger partial charge in [-0.1, -0.05) is 58.7 Å². The van der Waals surface area contributed by atoms with Crippen LogP contribution in [0.5, 0.6) is 0 Å². The predicted molar refractivity (Wildman–Crippen MR) is 109 cm³/mol. The first-order valence-electron chi connectivity index (χ1n) is 8.30. The molecule has 0 aliphatic heterocycles. The molecule has 1 amide bonds. The van der Waals surface area contributed by atoms with Crippen LogP contribution in [-0.4, -0.2) is 27.1 Å². The Bertz CT molecular complexity index is 867. The van der Waals surface area contributed by atoms with Crippen molar-refractivity contribution in [2.24, 2.45) is 0 Å². The van der Waals surface area contributed by atoms with Crippen LogP contribution in [-0.2, 0) is 14.8 Å². The van der Waals surface area contributed by atoms with Gasteiger partial charge in [0.15, 0.2) is 0 Å². The summed E-state index contributed by atoms with van der Waals surface area (Å²) in [5.41, 5.74) is 2.59. The average Bonchev–Trinajstić information content (AvgIpc) is 2.57. The Balaban J connectivity index is 2.17. The molecule has 0 spiro atoms. The molecule has 0 aromatic heterocycles. The third-order valence-electron chi connectivity index (χ3n) is 4.01. The second kappa shape index (κ2) is 8.68. The number of nitrogens with one attached hydrogen (secondary N) is 1. The molecule has 2 rings (SSSR count). The van der Waals surface area contributed by atoms with E-state index in [4.69, 9.17) is 0 Å². The van der Waals surface area contributed by atoms with Crippen molar-refractivity contribution < 1.29 is 13.2 Å². The number of hydrogen-bond donors (Lipinski definition) is 1. The lowest BCUT2D eigenvalue weighted by Crippen LogP contribution is -2.41. The molecular formula is C19H23BrN2O3S. The van der Waals surface area contributed by atoms with E-state index >= 15 is 0 Å². The van der Waals surface area contributed by atoms with Gasteiger partial charge in [-0.15, -0.1) is 0 Å². The zero-order chi connectivity index (χ0) is 19.3. The number of halogens is 1. The lowest BCUT2D eigenvalue weighted by Gasteiger charge is -2.24. The van der Waals surface area contributed by atoms with E-state index in [0.717, 1.165) is 26.2 Å². The quantitative estimate of drug-likeness (QED) is 0.714. The molecule has 2 aromatic rings. The smallest absolute Gasteiger partial charge is 0.241 e. The van der Waals surface area contributed by atoms with E-state index in [1.807, 2.05) is 38.1 Å². The summed E-state index contributed by atoms with van der Waals surface area (Å²) in [7, 11) is -3.59. The summed E-state index contributed by atoms with van der Waals surface area (Å²) >= 11 is 3.33. The van der Waals surface area contributed by atoms with Gasteiger partial charge in [0.05, 0.1) is 18.0 Å². The van der Waals surface area contributed by atoms with Crippen molar-refractivity contribution >= 4 is 37.5 Å². The summed E-state index contributed by atoms with van der Waals surface area (Å²) in [6.45, 7) is 3.72. The van der Waals surface area contributed by atoms with E-state index in [9.17, 15) is 13.2 Å². The fourth-order valence-corrected chi connectivity index (χ4v) is 3.86. The van der Waals surface area contributed by atoms with Crippen LogP contribution in [0.1, 0.15) is 30.5 Å². The maximum Gasteiger partial charge on any atom is 0.241 e. The van der Waals surface area contributed by atoms with Gasteiger partial charge >= 0.3 is 0 Å². The van der Waals surface area contributed by atoms with Crippen molar-refractivity contribution in [1.29, 1.82) is 0 Å². The highest BCUT2D eigenvalue weighted by Crippen LogP contribution is 2.22. The van der Waals surface area contributed by atoms with Gasteiger partial charge in [0.25, 0.3) is 0 Å². The lowest BCUT2D eigenvalue weighted by molar-refractivity contribution is -0.120. The molecule has 5 nitrogen and oxygen atoms in total. The van der Waals surface area contributed by atoms with Crippen LogP contribution in [0, 0.1) is 6.92 Å². The van der Waals surface area contributed by atoms with Crippen LogP contribution in [0.4, 0.5) is 5.69 Å². The molecular weight excluding hydrogens is 416 g/mol. The molecule has 1 N–H and O–H groups in total. The van der Waals surface area contributed by atoms with Crippen LogP contribution >= 0.6 is 15.9 Å². The number of rotatable bonds is 7. The number of sulfonamides is 1. The molecule has 0 saturated heterocycles. The van der Waals surface area contributed by atoms with Gasteiger partial charge in [0.2, 0.25) is 15.9 Å². The zero-order valence-electron chi connectivity index (χ0n) is 15.1. The van der Waals surface area contributed by atoms with Gasteiger partial charge < -0.3 is 5.32 Å². The van der Waals surface area contributed by atoms with Crippen molar-refractivity contribution in [2.45, 2.75) is 26.3 Å². The molecule has 0 aliphatic carbocycles. The van der Waals surface area contributed by atoms with Crippen LogP contribution in [0.15, 0.2) is 53.0 Å². The second-order valence-corrected chi connectivity index (χ2v) is 9.01. The normalized spacial score (nSPS) is 12.5. The average molecular weight is 439 g/mol. The molecule has 7 heteroatoms. The van der Waals surface area contributed by atoms with E-state index in [0.29, 0.717) is 12.1 Å². The van der Waals surface area contributed by atoms with Gasteiger partial charge in [0, 0.05) is 4.47 Å². The highest BCUT2D eigenvalue weighted by Gasteiger charge is 2.22. The van der Waals surface area contributed by atoms with Crippen molar-refractivity contribution in [2.75, 3.05) is 17.1 Å². The Morgan fingerprint density at radius 1 is 1.19 bits per heavy atom. The minimum Gasteiger partial charge on any atom is -0.348 e. The highest BCUT2D eigenvalue weighted by molar-refractivity contribution is 9.10. The molecule has 0 fully saturated rings. The fourth-order valence-electron chi connectivity index (χ4n) is 2.62. The van der Waals surface area contributed by atoms with Gasteiger partial charge in [-0.25, -0.2) is 8.42 Å². The summed E-state index contributed by atoms with van der Waals surface area (Å²) in [6.07, 6.45) is 1.81. The zero-order valence-corrected chi connectivity index (χ0v) is 17.5. The Morgan fingerprint density at radius 2 is 1.85 bits per heavy atom. The van der Waals surface area contributed by atoms with Crippen molar-refractivity contribution in [3.8, 4) is 0 Å². The Hall–Kier alpha value is -1.86. The largest absolute Gasteiger partial charge is 0.348 e. The van der Waals surface area contributed by atoms with Gasteiger partial charge in [-0.05, 0) is 37.1 Å². The summed E-state index contributed by atoms with van der Waals surface area (Å²) in [4.78, 5) is 12.5. The highest BCUT2D eigenvalue weighted by atomic mass is 79.9. The van der Waals surface area contributed by atoms with Gasteiger partial charge in [0.1, 0.15) is 6.54 Å². The van der Waals surface area contributed by atoms with Crippen molar-refractivity contribution in [3.05, 3.63) is 64.1 Å². The molecule has 0 aliphatic rings. The first kappa shape index (κ1) is 20.5. The number of amides is 1. The van der Waals surface area contributed by atoms with Crippen LogP contribution in [0.2, 0.25) is 0 Å². The second-order valence-electron chi connectivity index (χ2n) is 6.19. The van der Waals surface area contributed by atoms with Crippen molar-refractivity contribution in [1.82, 2.24) is 5.32 Å². The van der Waals surface area contributed by atoms with Crippen molar-refractivity contribution in [3.63, 3.8) is 0 Å². The van der Waals surface area contributed by atoms with Gasteiger partial charge in [-0.2, -0.15) is 0 Å². The maximum absolute atomic E-state index is 12.5. The molecule has 0 saturated carbocycles. The minimum atomic E-state index is -3.59. The van der Waals surface area contributed by atoms with E-state index in [1.54, 1.807) is 24.3 Å². The van der Waals surface area contributed by atoms with Gasteiger partial charge in [-0.3, -0.25) is 9.10 Å². The maximum atomic E-state index is 12.5. The molecule has 0 unspecified atom stereocenters. The molecule has 1 atom stereocenters. The van der Waals surface area contributed by atoms with E-state index in [-0.39, 0.29) is 18.5 Å². The lowest BCUT2D eigenvalue weighted by atomic mass is 10.0. The molecule has 0 bridgehead atoms. The summed E-state index contributed by atoms with van der Waals surface area (Å²) in [6, 6.07) is 14.7. The van der Waals surface area contributed by atoms with Crippen LogP contribution in [0.25, 0.3) is 0 Å². The summed E-state index contributed by atoms with van der Waals surface area (Å²) < 4.78 is 26.2. The first-order chi connectivity index (χ1) is 12.2. The number of carbonyl (C=O) groups is 1. The number of nitrogens with zero attached hydrogens (tertiary/aromatic N) is 1. The third-order valence-corrected chi connectivity index (χ3v) is 5.64. The van der Waals surface area contributed by atoms with Crippen LogP contribution in [0.3, 0.4) is 0 Å². The Kier molecular flexibility index (Phi) is 6.83. The number of aryl methyl sites for hydroxylation is 1. The van der Waals surface area contributed by atoms with E-state index in [1.165, 1.54) is 0 Å². The molecule has 2 aromatic carbocycles. The van der Waals surface area contributed by atoms with E-state index < -0.39 is 10.0 Å². The molecule has 26 heavy (non-hydrogen) atoms. The SMILES string of the molecule is CC[C@@H](NC(=O)CN(c1cccc(Br)c1)S(C)(=O)=O)c1ccc(C)cc1. The number of anilines is 1. The third kappa shape index (κ3) is 5.57. The summed E-state index contributed by atoms with van der Waals surface area (Å²) in [5, 5.41) is 2.93. The van der Waals surface area contributed by atoms with Crippen LogP contribution < -0.4 is 9.62 Å². The van der Waals surface area contributed by atoms with E-state index in [2.05, 4.69) is 21.2 Å².